The first-order chi connectivity index (χ1) is 33.8. The average Bonchev–Trinajstić information content (AvgIpc) is 3.70. The average molecular weight is 996 g/mol. The number of piperazine rings is 2. The zero-order valence-electron chi connectivity index (χ0n) is 40.3. The molecule has 20 heteroatoms. The molecule has 4 saturated heterocycles. The van der Waals surface area contributed by atoms with E-state index >= 15 is 0 Å². The van der Waals surface area contributed by atoms with Crippen molar-refractivity contribution >= 4 is 82.2 Å². The Morgan fingerprint density at radius 3 is 2.30 bits per heavy atom. The molecule has 4 amide bonds. The number of piperidine rings is 2. The van der Waals surface area contributed by atoms with Gasteiger partial charge in [0.2, 0.25) is 23.7 Å². The first-order valence-electron chi connectivity index (χ1n) is 24.4. The molecule has 4 fully saturated rings. The number of amides is 4. The molecule has 18 nitrogen and oxygen atoms in total. The van der Waals surface area contributed by atoms with E-state index in [-0.39, 0.29) is 24.1 Å². The van der Waals surface area contributed by atoms with E-state index in [0.29, 0.717) is 64.5 Å². The fraction of sp³-hybridized carbons (Fsp3) is 0.480. The van der Waals surface area contributed by atoms with Gasteiger partial charge in [-0.25, -0.2) is 4.98 Å². The summed E-state index contributed by atoms with van der Waals surface area (Å²) in [5.74, 6) is 0.780. The molecule has 0 aliphatic carbocycles. The summed E-state index contributed by atoms with van der Waals surface area (Å²) >= 11 is 6.50. The molecule has 4 aromatic rings. The summed E-state index contributed by atoms with van der Waals surface area (Å²) in [4.78, 5) is 73.2. The monoisotopic (exact) mass is 994 g/mol. The van der Waals surface area contributed by atoms with Crippen molar-refractivity contribution in [3.63, 3.8) is 0 Å². The largest absolute Gasteiger partial charge is 0.494 e. The number of hydrogen-bond acceptors (Lipinski definition) is 15. The zero-order chi connectivity index (χ0) is 48.9. The molecule has 6 heterocycles. The number of carbonyl (C=O) groups is 4. The number of anilines is 6. The number of imide groups is 1. The van der Waals surface area contributed by atoms with Crippen LogP contribution in [0.2, 0.25) is 5.02 Å². The number of methoxy groups -OCH3 is 1. The summed E-state index contributed by atoms with van der Waals surface area (Å²) in [5.41, 5.74) is 4.89. The van der Waals surface area contributed by atoms with Crippen LogP contribution in [0.25, 0.3) is 0 Å². The Kier molecular flexibility index (Phi) is 15.2. The maximum atomic E-state index is 13.4. The van der Waals surface area contributed by atoms with Gasteiger partial charge in [0.1, 0.15) is 24.0 Å². The number of nitrogens with one attached hydrogen (secondary N) is 4. The van der Waals surface area contributed by atoms with E-state index in [0.717, 1.165) is 121 Å². The number of rotatable bonds is 16. The molecule has 70 heavy (non-hydrogen) atoms. The van der Waals surface area contributed by atoms with E-state index in [2.05, 4.69) is 61.8 Å². The summed E-state index contributed by atoms with van der Waals surface area (Å²) in [6.45, 7) is 15.0. The summed E-state index contributed by atoms with van der Waals surface area (Å²) in [6.07, 6.45) is 4.73. The SMILES string of the molecule is COc1cc(N2CCC(N3CCN(C(=O)CCN4CCN(CCNc5cccc6c5CN(C5CCC(=O)NC5=O)C6=O)CC4)CC3)CC2)ccc1Nc1ncc(Cl)c(Nc2ccccc2P(C)(C)=O)n1. The molecule has 372 valence electrons. The second-order valence-electron chi connectivity index (χ2n) is 19.1. The number of hydrogen-bond donors (Lipinski definition) is 4. The van der Waals surface area contributed by atoms with Crippen LogP contribution >= 0.6 is 18.7 Å². The van der Waals surface area contributed by atoms with Crippen LogP contribution in [0.15, 0.2) is 66.9 Å². The van der Waals surface area contributed by atoms with E-state index in [1.165, 1.54) is 6.20 Å². The van der Waals surface area contributed by atoms with Crippen molar-refractivity contribution in [2.45, 2.75) is 50.7 Å². The minimum atomic E-state index is -2.56. The predicted octanol–water partition coefficient (Wildman–Crippen LogP) is 4.87. The highest BCUT2D eigenvalue weighted by Crippen LogP contribution is 2.39. The Bertz CT molecular complexity index is 2630. The van der Waals surface area contributed by atoms with Crippen LogP contribution in [0.3, 0.4) is 0 Å². The summed E-state index contributed by atoms with van der Waals surface area (Å²) < 4.78 is 18.8. The Morgan fingerprint density at radius 1 is 0.843 bits per heavy atom. The molecular weight excluding hydrogens is 931 g/mol. The number of fused-ring (bicyclic) bond motifs is 1. The molecule has 3 aromatic carbocycles. The number of ether oxygens (including phenoxy) is 1. The molecule has 4 N–H and O–H groups in total. The van der Waals surface area contributed by atoms with Crippen molar-refractivity contribution in [1.82, 2.24) is 39.8 Å². The normalized spacial score (nSPS) is 19.8. The van der Waals surface area contributed by atoms with Gasteiger partial charge in [0.25, 0.3) is 5.91 Å². The molecule has 9 rings (SSSR count). The molecule has 0 bridgehead atoms. The van der Waals surface area contributed by atoms with Crippen LogP contribution in [-0.4, -0.2) is 176 Å². The molecule has 5 aliphatic rings. The molecule has 0 saturated carbocycles. The van der Waals surface area contributed by atoms with Crippen LogP contribution < -0.4 is 36.2 Å². The molecule has 1 atom stereocenters. The van der Waals surface area contributed by atoms with Crippen molar-refractivity contribution in [1.29, 1.82) is 0 Å². The number of halogens is 1. The standard InChI is InChI=1S/C50H64ClN12O6P/c1-69-43-31-35(11-12-40(43)55-50-53-32-38(51)47(57-50)54-41-8-4-5-10-44(41)70(2,3)68)60-20-15-34(16-21-60)61-27-29-62(30-28-61)46(65)17-19-58-23-25-59(26-24-58)22-18-52-39-9-6-7-36-37(39)33-63(49(36)67)42-13-14-45(64)56-48(42)66/h4-12,31-32,34,42,52H,13-30,33H2,1-3H3,(H,56,64,66)(H2,53,54,55,57). The van der Waals surface area contributed by atoms with Gasteiger partial charge in [0.05, 0.1) is 24.7 Å². The fourth-order valence-corrected chi connectivity index (χ4v) is 11.7. The lowest BCUT2D eigenvalue weighted by atomic mass is 10.0. The van der Waals surface area contributed by atoms with Gasteiger partial charge >= 0.3 is 0 Å². The third-order valence-corrected chi connectivity index (χ3v) is 16.2. The van der Waals surface area contributed by atoms with Gasteiger partial charge in [-0.3, -0.25) is 34.3 Å². The van der Waals surface area contributed by atoms with Crippen molar-refractivity contribution < 1.29 is 28.5 Å². The maximum absolute atomic E-state index is 13.4. The number of benzene rings is 3. The van der Waals surface area contributed by atoms with Gasteiger partial charge in [-0.15, -0.1) is 0 Å². The van der Waals surface area contributed by atoms with E-state index in [1.54, 1.807) is 25.3 Å². The van der Waals surface area contributed by atoms with Gasteiger partial charge < -0.3 is 44.9 Å². The summed E-state index contributed by atoms with van der Waals surface area (Å²) in [7, 11) is -0.907. The van der Waals surface area contributed by atoms with Crippen LogP contribution in [0.1, 0.15) is 48.0 Å². The minimum Gasteiger partial charge on any atom is -0.494 e. The van der Waals surface area contributed by atoms with Crippen LogP contribution in [0.4, 0.5) is 34.5 Å². The fourth-order valence-electron chi connectivity index (χ4n) is 10.4. The lowest BCUT2D eigenvalue weighted by Crippen LogP contribution is -2.54. The number of aromatic nitrogens is 2. The second-order valence-corrected chi connectivity index (χ2v) is 22.7. The van der Waals surface area contributed by atoms with Crippen molar-refractivity contribution in [2.75, 3.05) is 126 Å². The van der Waals surface area contributed by atoms with Gasteiger partial charge in [-0.2, -0.15) is 4.98 Å². The number of para-hydroxylation sites is 1. The first-order valence-corrected chi connectivity index (χ1v) is 27.4. The minimum absolute atomic E-state index is 0.168. The quantitative estimate of drug-likeness (QED) is 0.0880. The van der Waals surface area contributed by atoms with E-state index < -0.39 is 19.1 Å². The Labute approximate surface area is 414 Å². The van der Waals surface area contributed by atoms with Crippen molar-refractivity contribution in [3.05, 3.63) is 83.0 Å². The first kappa shape index (κ1) is 49.2. The van der Waals surface area contributed by atoms with Gasteiger partial charge in [-0.05, 0) is 69.0 Å². The van der Waals surface area contributed by atoms with Gasteiger partial charge in [0.15, 0.2) is 5.82 Å². The highest BCUT2D eigenvalue weighted by molar-refractivity contribution is 7.70. The molecule has 1 aromatic heterocycles. The summed E-state index contributed by atoms with van der Waals surface area (Å²) in [6, 6.07) is 19.1. The lowest BCUT2D eigenvalue weighted by Gasteiger charge is -2.43. The Balaban J connectivity index is 0.671. The molecule has 0 spiro atoms. The summed E-state index contributed by atoms with van der Waals surface area (Å²) in [5, 5.41) is 13.5. The predicted molar refractivity (Wildman–Crippen MR) is 274 cm³/mol. The van der Waals surface area contributed by atoms with Crippen LogP contribution in [0.5, 0.6) is 5.75 Å². The van der Waals surface area contributed by atoms with E-state index in [9.17, 15) is 23.7 Å². The van der Waals surface area contributed by atoms with Gasteiger partial charge in [-0.1, -0.05) is 29.8 Å². The third kappa shape index (κ3) is 11.4. The lowest BCUT2D eigenvalue weighted by molar-refractivity contribution is -0.137. The van der Waals surface area contributed by atoms with E-state index in [1.807, 2.05) is 54.6 Å². The van der Waals surface area contributed by atoms with E-state index in [4.69, 9.17) is 16.3 Å². The topological polar surface area (TPSA) is 188 Å². The Hall–Kier alpha value is -5.78. The smallest absolute Gasteiger partial charge is 0.255 e. The number of carbonyl (C=O) groups excluding carboxylic acids is 4. The van der Waals surface area contributed by atoms with Gasteiger partial charge in [0, 0.05) is 144 Å². The van der Waals surface area contributed by atoms with Crippen LogP contribution in [-0.2, 0) is 25.5 Å². The molecule has 1 unspecified atom stereocenters. The number of nitrogens with zero attached hydrogens (tertiary/aromatic N) is 8. The van der Waals surface area contributed by atoms with Crippen molar-refractivity contribution in [3.8, 4) is 5.75 Å². The zero-order valence-corrected chi connectivity index (χ0v) is 41.9. The van der Waals surface area contributed by atoms with Crippen molar-refractivity contribution in [2.24, 2.45) is 0 Å². The molecule has 5 aliphatic heterocycles. The highest BCUT2D eigenvalue weighted by Gasteiger charge is 2.40. The molecular formula is C50H64ClN12O6P. The highest BCUT2D eigenvalue weighted by atomic mass is 35.5. The maximum Gasteiger partial charge on any atom is 0.255 e. The third-order valence-electron chi connectivity index (χ3n) is 14.4. The molecule has 0 radical (unpaired) electrons. The Morgan fingerprint density at radius 2 is 1.57 bits per heavy atom. The van der Waals surface area contributed by atoms with Crippen LogP contribution in [0, 0.1) is 0 Å². The second kappa shape index (κ2) is 21.7.